The van der Waals surface area contributed by atoms with E-state index in [0.29, 0.717) is 37.5 Å². The average Bonchev–Trinajstić information content (AvgIpc) is 3.07. The number of rotatable bonds is 5. The second kappa shape index (κ2) is 8.84. The van der Waals surface area contributed by atoms with Crippen molar-refractivity contribution in [3.05, 3.63) is 90.6 Å². The molecule has 3 aromatic rings. The molecule has 2 aromatic carbocycles. The number of aromatic hydroxyl groups is 1. The van der Waals surface area contributed by atoms with Crippen molar-refractivity contribution < 1.29 is 19.4 Å². The Bertz CT molecular complexity index is 1400. The van der Waals surface area contributed by atoms with Crippen LogP contribution in [0.4, 0.5) is 0 Å². The lowest BCUT2D eigenvalue weighted by Gasteiger charge is -2.25. The Kier molecular flexibility index (Phi) is 5.96. The van der Waals surface area contributed by atoms with Crippen LogP contribution in [-0.4, -0.2) is 29.4 Å². The summed E-state index contributed by atoms with van der Waals surface area (Å²) in [4.78, 5) is 31.5. The molecule has 0 spiro atoms. The molecule has 4 rings (SSSR count). The number of fused-ring (bicyclic) bond motifs is 1. The molecule has 164 valence electrons. The van der Waals surface area contributed by atoms with Crippen LogP contribution in [-0.2, 0) is 9.53 Å². The van der Waals surface area contributed by atoms with Crippen LogP contribution in [0.3, 0.4) is 0 Å². The molecule has 2 heterocycles. The van der Waals surface area contributed by atoms with Gasteiger partial charge in [-0.2, -0.15) is 0 Å². The SMILES string of the molecule is CCOC(=O)C1=C(C)N=c2s/c(=C\c3cccc(O)c3)c(=O)n2[C@H]1c1ccccc1OC. The van der Waals surface area contributed by atoms with Crippen LogP contribution in [0.25, 0.3) is 6.08 Å². The summed E-state index contributed by atoms with van der Waals surface area (Å²) >= 11 is 1.22. The minimum Gasteiger partial charge on any atom is -0.508 e. The van der Waals surface area contributed by atoms with Crippen LogP contribution in [0.5, 0.6) is 11.5 Å². The van der Waals surface area contributed by atoms with Crippen LogP contribution in [0.1, 0.15) is 31.0 Å². The van der Waals surface area contributed by atoms with Crippen molar-refractivity contribution in [3.8, 4) is 11.5 Å². The number of aromatic nitrogens is 1. The maximum absolute atomic E-state index is 13.5. The predicted molar refractivity (Wildman–Crippen MR) is 121 cm³/mol. The smallest absolute Gasteiger partial charge is 0.338 e. The number of phenols is 1. The van der Waals surface area contributed by atoms with Crippen LogP contribution in [0.15, 0.2) is 69.6 Å². The highest BCUT2D eigenvalue weighted by Gasteiger charge is 2.34. The summed E-state index contributed by atoms with van der Waals surface area (Å²) in [6, 6.07) is 13.2. The molecule has 1 aliphatic heterocycles. The third-order valence-electron chi connectivity index (χ3n) is 5.12. The second-order valence-electron chi connectivity index (χ2n) is 7.14. The average molecular weight is 451 g/mol. The van der Waals surface area contributed by atoms with E-state index in [4.69, 9.17) is 9.47 Å². The van der Waals surface area contributed by atoms with Crippen molar-refractivity contribution >= 4 is 23.4 Å². The molecular formula is C24H22N2O5S. The molecule has 1 aromatic heterocycles. The van der Waals surface area contributed by atoms with E-state index in [-0.39, 0.29) is 17.9 Å². The van der Waals surface area contributed by atoms with Gasteiger partial charge in [-0.3, -0.25) is 9.36 Å². The van der Waals surface area contributed by atoms with Gasteiger partial charge >= 0.3 is 5.97 Å². The summed E-state index contributed by atoms with van der Waals surface area (Å²) in [6.45, 7) is 3.67. The molecule has 0 saturated carbocycles. The van der Waals surface area contributed by atoms with E-state index < -0.39 is 12.0 Å². The van der Waals surface area contributed by atoms with E-state index in [1.54, 1.807) is 57.4 Å². The third-order valence-corrected chi connectivity index (χ3v) is 6.10. The summed E-state index contributed by atoms with van der Waals surface area (Å²) in [6.07, 6.45) is 1.70. The number of phenolic OH excluding ortho intramolecular Hbond substituents is 1. The Hall–Kier alpha value is -3.65. The van der Waals surface area contributed by atoms with Crippen LogP contribution in [0.2, 0.25) is 0 Å². The zero-order chi connectivity index (χ0) is 22.8. The van der Waals surface area contributed by atoms with Gasteiger partial charge in [0.2, 0.25) is 0 Å². The highest BCUT2D eigenvalue weighted by atomic mass is 32.1. The lowest BCUT2D eigenvalue weighted by atomic mass is 9.95. The first-order chi connectivity index (χ1) is 15.4. The number of allylic oxidation sites excluding steroid dienone is 1. The number of benzene rings is 2. The summed E-state index contributed by atoms with van der Waals surface area (Å²) in [5, 5.41) is 9.76. The summed E-state index contributed by atoms with van der Waals surface area (Å²) in [5.41, 5.74) is 1.85. The summed E-state index contributed by atoms with van der Waals surface area (Å²) in [7, 11) is 1.55. The molecule has 0 fully saturated rings. The van der Waals surface area contributed by atoms with Gasteiger partial charge in [0.05, 0.1) is 29.5 Å². The number of hydrogen-bond acceptors (Lipinski definition) is 7. The first-order valence-electron chi connectivity index (χ1n) is 10.1. The number of methoxy groups -OCH3 is 1. The minimum absolute atomic E-state index is 0.110. The standard InChI is InChI=1S/C24H22N2O5S/c1-4-31-23(29)20-14(2)25-24-26(21(20)17-10-5-6-11-18(17)30-3)22(28)19(32-24)13-15-8-7-9-16(27)12-15/h5-13,21,27H,4H2,1-3H3/b19-13-/t21-/m0/s1. The lowest BCUT2D eigenvalue weighted by molar-refractivity contribution is -0.139. The van der Waals surface area contributed by atoms with Crippen molar-refractivity contribution in [1.82, 2.24) is 4.57 Å². The van der Waals surface area contributed by atoms with Gasteiger partial charge in [-0.15, -0.1) is 0 Å². The molecule has 0 bridgehead atoms. The van der Waals surface area contributed by atoms with Crippen LogP contribution in [0, 0.1) is 0 Å². The quantitative estimate of drug-likeness (QED) is 0.604. The molecule has 7 nitrogen and oxygen atoms in total. The highest BCUT2D eigenvalue weighted by molar-refractivity contribution is 7.07. The molecule has 0 radical (unpaired) electrons. The van der Waals surface area contributed by atoms with E-state index in [0.717, 1.165) is 0 Å². The Morgan fingerprint density at radius 1 is 1.25 bits per heavy atom. The fourth-order valence-electron chi connectivity index (χ4n) is 3.74. The number of esters is 1. The molecule has 1 atom stereocenters. The fraction of sp³-hybridized carbons (Fsp3) is 0.208. The highest BCUT2D eigenvalue weighted by Crippen LogP contribution is 2.35. The second-order valence-corrected chi connectivity index (χ2v) is 8.15. The van der Waals surface area contributed by atoms with Gasteiger partial charge in [-0.25, -0.2) is 9.79 Å². The molecule has 0 saturated heterocycles. The van der Waals surface area contributed by atoms with Crippen LogP contribution < -0.4 is 19.6 Å². The number of nitrogens with zero attached hydrogens (tertiary/aromatic N) is 2. The van der Waals surface area contributed by atoms with E-state index in [1.807, 2.05) is 18.2 Å². The Morgan fingerprint density at radius 2 is 2.03 bits per heavy atom. The van der Waals surface area contributed by atoms with Crippen molar-refractivity contribution in [2.45, 2.75) is 19.9 Å². The molecule has 0 unspecified atom stereocenters. The number of ether oxygens (including phenoxy) is 2. The predicted octanol–water partition coefficient (Wildman–Crippen LogP) is 2.51. The molecule has 1 N–H and O–H groups in total. The lowest BCUT2D eigenvalue weighted by Crippen LogP contribution is -2.40. The Labute approximate surface area is 188 Å². The van der Waals surface area contributed by atoms with Crippen LogP contribution >= 0.6 is 11.3 Å². The number of carbonyl (C=O) groups is 1. The Balaban J connectivity index is 2.00. The maximum Gasteiger partial charge on any atom is 0.338 e. The Morgan fingerprint density at radius 3 is 2.75 bits per heavy atom. The van der Waals surface area contributed by atoms with Gasteiger partial charge < -0.3 is 14.6 Å². The van der Waals surface area contributed by atoms with E-state index in [2.05, 4.69) is 4.99 Å². The van der Waals surface area contributed by atoms with Gasteiger partial charge in [0.1, 0.15) is 17.5 Å². The van der Waals surface area contributed by atoms with Gasteiger partial charge in [-0.05, 0) is 43.7 Å². The first-order valence-corrected chi connectivity index (χ1v) is 10.9. The fourth-order valence-corrected chi connectivity index (χ4v) is 4.79. The normalized spacial score (nSPS) is 15.8. The topological polar surface area (TPSA) is 90.1 Å². The molecule has 32 heavy (non-hydrogen) atoms. The van der Waals surface area contributed by atoms with Gasteiger partial charge in [-0.1, -0.05) is 41.7 Å². The van der Waals surface area contributed by atoms with Gasteiger partial charge in [0, 0.05) is 5.56 Å². The van der Waals surface area contributed by atoms with Crippen molar-refractivity contribution in [3.63, 3.8) is 0 Å². The van der Waals surface area contributed by atoms with E-state index >= 15 is 0 Å². The largest absolute Gasteiger partial charge is 0.508 e. The molecule has 0 amide bonds. The van der Waals surface area contributed by atoms with Crippen molar-refractivity contribution in [2.75, 3.05) is 13.7 Å². The number of thiazole rings is 1. The van der Waals surface area contributed by atoms with Crippen molar-refractivity contribution in [1.29, 1.82) is 0 Å². The maximum atomic E-state index is 13.5. The molecule has 1 aliphatic rings. The number of carbonyl (C=O) groups excluding carboxylic acids is 1. The summed E-state index contributed by atoms with van der Waals surface area (Å²) < 4.78 is 12.8. The minimum atomic E-state index is -0.743. The number of para-hydroxylation sites is 1. The molecule has 8 heteroatoms. The third kappa shape index (κ3) is 3.85. The first kappa shape index (κ1) is 21.6. The number of hydrogen-bond donors (Lipinski definition) is 1. The zero-order valence-corrected chi connectivity index (χ0v) is 18.7. The van der Waals surface area contributed by atoms with E-state index in [1.165, 1.54) is 15.9 Å². The monoisotopic (exact) mass is 450 g/mol. The van der Waals surface area contributed by atoms with Gasteiger partial charge in [0.25, 0.3) is 5.56 Å². The summed E-state index contributed by atoms with van der Waals surface area (Å²) in [5.74, 6) is 0.141. The molecular weight excluding hydrogens is 428 g/mol. The zero-order valence-electron chi connectivity index (χ0n) is 17.9. The molecule has 0 aliphatic carbocycles. The van der Waals surface area contributed by atoms with E-state index in [9.17, 15) is 14.7 Å². The van der Waals surface area contributed by atoms with Gasteiger partial charge in [0.15, 0.2) is 4.80 Å². The van der Waals surface area contributed by atoms with Crippen molar-refractivity contribution in [2.24, 2.45) is 4.99 Å².